The molecule has 1 aromatic carbocycles. The molecule has 1 aromatic rings. The van der Waals surface area contributed by atoms with Crippen molar-refractivity contribution in [3.63, 3.8) is 0 Å². The Bertz CT molecular complexity index is 520. The number of carbonyl (C=O) groups excluding carboxylic acids is 1. The average molecular weight is 402 g/mol. The van der Waals surface area contributed by atoms with Gasteiger partial charge in [0.25, 0.3) is 0 Å². The molecule has 1 atom stereocenters. The molecule has 1 rings (SSSR count). The van der Waals surface area contributed by atoms with Gasteiger partial charge in [-0.1, -0.05) is 18.2 Å². The third-order valence-corrected chi connectivity index (χ3v) is 3.45. The maximum atomic E-state index is 11.4. The molecule has 0 aliphatic carbocycles. The molecule has 0 aromatic heterocycles. The first-order valence-electron chi connectivity index (χ1n) is 6.75. The van der Waals surface area contributed by atoms with E-state index in [1.807, 2.05) is 24.3 Å². The summed E-state index contributed by atoms with van der Waals surface area (Å²) in [6, 6.07) is 7.73. The summed E-state index contributed by atoms with van der Waals surface area (Å²) in [6.45, 7) is 21.5. The van der Waals surface area contributed by atoms with Gasteiger partial charge in [0.15, 0.2) is 8.32 Å². The van der Waals surface area contributed by atoms with E-state index in [9.17, 15) is 4.79 Å². The van der Waals surface area contributed by atoms with E-state index in [0.717, 1.165) is 11.3 Å². The van der Waals surface area contributed by atoms with Crippen LogP contribution in [0.25, 0.3) is 0 Å². The van der Waals surface area contributed by atoms with Crippen LogP contribution in [-0.2, 0) is 40.5 Å². The SMILES string of the molecule is COc1ccccc1[C@H](CC(C)=O)O[Si](C)(C)C.[C-]#[O+].[C-]#[O+].[C-]#[O+].[Cr]. The van der Waals surface area contributed by atoms with Crippen LogP contribution in [0.4, 0.5) is 0 Å². The molecule has 25 heavy (non-hydrogen) atoms. The first-order valence-corrected chi connectivity index (χ1v) is 10.2. The molecule has 0 fully saturated rings. The van der Waals surface area contributed by atoms with Gasteiger partial charge in [-0.15, -0.1) is 0 Å². The summed E-state index contributed by atoms with van der Waals surface area (Å²) >= 11 is 0. The minimum Gasteiger partial charge on any atom is 0 e. The molecule has 0 aliphatic rings. The Balaban J connectivity index is -0.000000284. The predicted molar refractivity (Wildman–Crippen MR) is 87.3 cm³/mol. The summed E-state index contributed by atoms with van der Waals surface area (Å²) < 4.78 is 34.0. The number of rotatable bonds is 6. The Morgan fingerprint density at radius 1 is 1.08 bits per heavy atom. The van der Waals surface area contributed by atoms with Crippen molar-refractivity contribution in [3.05, 3.63) is 49.8 Å². The Morgan fingerprint density at radius 2 is 1.52 bits per heavy atom. The van der Waals surface area contributed by atoms with Gasteiger partial charge in [-0.2, -0.15) is 0 Å². The first kappa shape index (κ1) is 31.4. The molecule has 0 radical (unpaired) electrons. The number of hydrogen-bond donors (Lipinski definition) is 0. The maximum Gasteiger partial charge on any atom is 0 e. The number of ether oxygens (including phenoxy) is 1. The zero-order chi connectivity index (χ0) is 19.8. The number of methoxy groups -OCH3 is 1. The van der Waals surface area contributed by atoms with E-state index in [0.29, 0.717) is 6.42 Å². The van der Waals surface area contributed by atoms with Crippen LogP contribution >= 0.6 is 0 Å². The van der Waals surface area contributed by atoms with Crippen molar-refractivity contribution in [2.24, 2.45) is 0 Å². The molecule has 0 heterocycles. The van der Waals surface area contributed by atoms with E-state index in [1.54, 1.807) is 14.0 Å². The summed E-state index contributed by atoms with van der Waals surface area (Å²) in [4.78, 5) is 11.4. The largest absolute Gasteiger partial charge is 0 e. The molecule has 8 heteroatoms. The molecular formula is C17H22CrO6Si. The summed E-state index contributed by atoms with van der Waals surface area (Å²) in [5.41, 5.74) is 0.956. The van der Waals surface area contributed by atoms with Crippen LogP contribution in [0.5, 0.6) is 5.75 Å². The van der Waals surface area contributed by atoms with Crippen molar-refractivity contribution in [1.29, 1.82) is 0 Å². The minimum absolute atomic E-state index is 0. The number of benzene rings is 1. The number of Topliss-reactive ketones (excluding diaryl/α,β-unsaturated/α-hetero) is 1. The Kier molecular flexibility index (Phi) is 23.8. The monoisotopic (exact) mass is 402 g/mol. The fraction of sp³-hybridized carbons (Fsp3) is 0.412. The van der Waals surface area contributed by atoms with Crippen molar-refractivity contribution < 1.29 is 45.3 Å². The third-order valence-electron chi connectivity index (χ3n) is 2.45. The fourth-order valence-electron chi connectivity index (χ4n) is 1.84. The van der Waals surface area contributed by atoms with Crippen LogP contribution in [0.3, 0.4) is 0 Å². The predicted octanol–water partition coefficient (Wildman–Crippen LogP) is 3.45. The van der Waals surface area contributed by atoms with E-state index >= 15 is 0 Å². The molecule has 0 amide bonds. The molecule has 0 unspecified atom stereocenters. The van der Waals surface area contributed by atoms with Gasteiger partial charge in [-0.25, -0.2) is 0 Å². The molecular weight excluding hydrogens is 380 g/mol. The molecule has 0 saturated heterocycles. The molecule has 6 nitrogen and oxygen atoms in total. The summed E-state index contributed by atoms with van der Waals surface area (Å²) in [5.74, 6) is 0.908. The standard InChI is InChI=1S/C14H22O3Si.3CO.Cr/c1-11(15)10-14(17-18(3,4)5)12-8-6-7-9-13(12)16-2;3*1-2;/h6-9,14H,10H2,1-5H3;;;;/t14-;;;;/m0..../s1. The van der Waals surface area contributed by atoms with E-state index in [2.05, 4.69) is 39.6 Å². The van der Waals surface area contributed by atoms with Crippen LogP contribution in [0, 0.1) is 20.0 Å². The van der Waals surface area contributed by atoms with Gasteiger partial charge < -0.3 is 9.16 Å². The molecule has 0 N–H and O–H groups in total. The molecule has 0 bridgehead atoms. The van der Waals surface area contributed by atoms with Crippen LogP contribution < -0.4 is 4.74 Å². The average Bonchev–Trinajstić information content (AvgIpc) is 2.58. The smallest absolute Gasteiger partial charge is 0 e. The molecule has 136 valence electrons. The Morgan fingerprint density at radius 3 is 1.88 bits per heavy atom. The van der Waals surface area contributed by atoms with Crippen LogP contribution in [0.2, 0.25) is 19.6 Å². The fourth-order valence-corrected chi connectivity index (χ4v) is 2.90. The van der Waals surface area contributed by atoms with Crippen molar-refractivity contribution in [2.45, 2.75) is 39.1 Å². The van der Waals surface area contributed by atoms with E-state index in [1.165, 1.54) is 0 Å². The summed E-state index contributed by atoms with van der Waals surface area (Å²) in [5, 5.41) is 0. The normalized spacial score (nSPS) is 9.72. The van der Waals surface area contributed by atoms with Crippen LogP contribution in [0.1, 0.15) is 25.0 Å². The number of hydrogen-bond acceptors (Lipinski definition) is 3. The second-order valence-electron chi connectivity index (χ2n) is 5.37. The Hall–Kier alpha value is -1.38. The van der Waals surface area contributed by atoms with Gasteiger partial charge in [0.2, 0.25) is 0 Å². The second kappa shape index (κ2) is 19.0. The van der Waals surface area contributed by atoms with Crippen molar-refractivity contribution in [2.75, 3.05) is 7.11 Å². The van der Waals surface area contributed by atoms with Crippen molar-refractivity contribution >= 4 is 14.1 Å². The van der Waals surface area contributed by atoms with Gasteiger partial charge in [0.05, 0.1) is 13.2 Å². The zero-order valence-electron chi connectivity index (χ0n) is 15.0. The molecule has 0 aliphatic heterocycles. The van der Waals surface area contributed by atoms with Crippen molar-refractivity contribution in [1.82, 2.24) is 0 Å². The second-order valence-corrected chi connectivity index (χ2v) is 9.83. The molecule has 0 saturated carbocycles. The van der Waals surface area contributed by atoms with Crippen LogP contribution in [-0.4, -0.2) is 21.2 Å². The number of para-hydroxylation sites is 1. The molecule has 0 spiro atoms. The maximum absolute atomic E-state index is 11.4. The third kappa shape index (κ3) is 15.9. The summed E-state index contributed by atoms with van der Waals surface area (Å²) in [7, 11) is -0.0763. The van der Waals surface area contributed by atoms with Gasteiger partial charge in [0.1, 0.15) is 11.5 Å². The van der Waals surface area contributed by atoms with Gasteiger partial charge >= 0.3 is 33.9 Å². The van der Waals surface area contributed by atoms with E-state index in [-0.39, 0.29) is 29.2 Å². The van der Waals surface area contributed by atoms with Gasteiger partial charge in [0, 0.05) is 29.3 Å². The number of ketones is 1. The minimum atomic E-state index is -1.71. The van der Waals surface area contributed by atoms with Crippen LogP contribution in [0.15, 0.2) is 24.3 Å². The topological polar surface area (TPSA) is 95.2 Å². The van der Waals surface area contributed by atoms with E-state index < -0.39 is 8.32 Å². The zero-order valence-corrected chi connectivity index (χ0v) is 17.2. The van der Waals surface area contributed by atoms with Crippen molar-refractivity contribution in [3.8, 4) is 5.75 Å². The summed E-state index contributed by atoms with van der Waals surface area (Å²) in [6.07, 6.45) is 0.190. The Labute approximate surface area is 161 Å². The quantitative estimate of drug-likeness (QED) is 0.414. The van der Waals surface area contributed by atoms with Gasteiger partial charge in [-0.05, 0) is 32.6 Å². The van der Waals surface area contributed by atoms with Gasteiger partial charge in [-0.3, -0.25) is 4.79 Å². The van der Waals surface area contributed by atoms with E-state index in [4.69, 9.17) is 23.1 Å². The first-order chi connectivity index (χ1) is 11.3. The number of carbonyl (C=O) groups is 1.